The van der Waals surface area contributed by atoms with Crippen LogP contribution in [-0.4, -0.2) is 37.9 Å². The Morgan fingerprint density at radius 2 is 2.03 bits per heavy atom. The van der Waals surface area contributed by atoms with Gasteiger partial charge in [0.15, 0.2) is 5.65 Å². The first-order valence-corrected chi connectivity index (χ1v) is 10.8. The third kappa shape index (κ3) is 2.81. The van der Waals surface area contributed by atoms with Gasteiger partial charge in [-0.3, -0.25) is 9.13 Å². The molecule has 8 nitrogen and oxygen atoms in total. The number of rotatable bonds is 3. The van der Waals surface area contributed by atoms with Gasteiger partial charge in [-0.2, -0.15) is 4.98 Å². The molecule has 1 aromatic carbocycles. The Kier molecular flexibility index (Phi) is 4.08. The van der Waals surface area contributed by atoms with Crippen LogP contribution in [0.2, 0.25) is 5.02 Å². The molecule has 2 saturated heterocycles. The quantitative estimate of drug-likeness (QED) is 0.690. The molecule has 5 heterocycles. The number of imidazole rings is 1. The third-order valence-corrected chi connectivity index (χ3v) is 6.80. The van der Waals surface area contributed by atoms with Crippen molar-refractivity contribution in [2.75, 3.05) is 11.9 Å². The summed E-state index contributed by atoms with van der Waals surface area (Å²) < 4.78 is 15.0. The predicted octanol–water partition coefficient (Wildman–Crippen LogP) is 3.34. The van der Waals surface area contributed by atoms with Crippen molar-refractivity contribution in [3.63, 3.8) is 0 Å². The number of fused-ring (bicyclic) bond motifs is 4. The summed E-state index contributed by atoms with van der Waals surface area (Å²) in [6, 6.07) is 3.89. The molecule has 0 spiro atoms. The number of hydrogen-bond acceptors (Lipinski definition) is 6. The van der Waals surface area contributed by atoms with E-state index in [4.69, 9.17) is 26.1 Å². The monoisotopic (exact) mass is 427 g/mol. The van der Waals surface area contributed by atoms with Crippen molar-refractivity contribution < 1.29 is 9.47 Å². The molecule has 156 valence electrons. The van der Waals surface area contributed by atoms with E-state index in [9.17, 15) is 4.79 Å². The Morgan fingerprint density at radius 3 is 2.83 bits per heavy atom. The first kappa shape index (κ1) is 18.2. The molecule has 0 aliphatic carbocycles. The van der Waals surface area contributed by atoms with Crippen molar-refractivity contribution in [3.05, 3.63) is 39.4 Å². The average Bonchev–Trinajstić information content (AvgIpc) is 3.39. The lowest BCUT2D eigenvalue weighted by Crippen LogP contribution is -2.33. The third-order valence-electron chi connectivity index (χ3n) is 6.49. The van der Waals surface area contributed by atoms with Crippen LogP contribution in [0, 0.1) is 0 Å². The second-order valence-corrected chi connectivity index (χ2v) is 8.77. The number of nitrogens with zero attached hydrogens (tertiary/aromatic N) is 4. The number of aryl methyl sites for hydroxylation is 1. The normalized spacial score (nSPS) is 24.8. The number of aromatic nitrogens is 4. The van der Waals surface area contributed by atoms with Crippen LogP contribution < -0.4 is 15.7 Å². The smallest absolute Gasteiger partial charge is 0.330 e. The van der Waals surface area contributed by atoms with E-state index in [-0.39, 0.29) is 23.9 Å². The fourth-order valence-electron chi connectivity index (χ4n) is 4.98. The Morgan fingerprint density at radius 1 is 1.23 bits per heavy atom. The van der Waals surface area contributed by atoms with E-state index in [2.05, 4.69) is 10.3 Å². The molecular weight excluding hydrogens is 406 g/mol. The van der Waals surface area contributed by atoms with E-state index in [1.54, 1.807) is 17.8 Å². The predicted molar refractivity (Wildman–Crippen MR) is 113 cm³/mol. The molecule has 0 radical (unpaired) electrons. The van der Waals surface area contributed by atoms with Gasteiger partial charge in [0.2, 0.25) is 5.95 Å². The number of anilines is 2. The molecule has 0 saturated carbocycles. The lowest BCUT2D eigenvalue weighted by molar-refractivity contribution is -0.0158. The van der Waals surface area contributed by atoms with E-state index in [1.165, 1.54) is 0 Å². The van der Waals surface area contributed by atoms with Gasteiger partial charge in [-0.15, -0.1) is 0 Å². The highest BCUT2D eigenvalue weighted by atomic mass is 35.5. The van der Waals surface area contributed by atoms with Crippen LogP contribution in [-0.2, 0) is 18.2 Å². The van der Waals surface area contributed by atoms with Gasteiger partial charge >= 0.3 is 5.69 Å². The second-order valence-electron chi connectivity index (χ2n) is 8.36. The fraction of sp³-hybridized carbons (Fsp3) is 0.476. The van der Waals surface area contributed by atoms with E-state index in [1.807, 2.05) is 16.7 Å². The van der Waals surface area contributed by atoms with Gasteiger partial charge in [0.05, 0.1) is 35.7 Å². The Labute approximate surface area is 177 Å². The minimum absolute atomic E-state index is 0.0598. The van der Waals surface area contributed by atoms with Gasteiger partial charge < -0.3 is 14.8 Å². The van der Waals surface area contributed by atoms with Gasteiger partial charge in [-0.25, -0.2) is 9.78 Å². The topological polar surface area (TPSA) is 83.2 Å². The summed E-state index contributed by atoms with van der Waals surface area (Å²) in [6.07, 6.45) is 6.86. The van der Waals surface area contributed by atoms with Crippen LogP contribution >= 0.6 is 11.6 Å². The summed E-state index contributed by atoms with van der Waals surface area (Å²) >= 11 is 6.43. The summed E-state index contributed by atoms with van der Waals surface area (Å²) in [5, 5.41) is 3.77. The maximum Gasteiger partial charge on any atom is 0.330 e. The van der Waals surface area contributed by atoms with Crippen LogP contribution in [0.3, 0.4) is 0 Å². The van der Waals surface area contributed by atoms with E-state index >= 15 is 0 Å². The molecule has 3 aromatic rings. The van der Waals surface area contributed by atoms with Gasteiger partial charge in [0.1, 0.15) is 11.3 Å². The van der Waals surface area contributed by atoms with Crippen LogP contribution in [0.4, 0.5) is 11.6 Å². The molecule has 9 heteroatoms. The second kappa shape index (κ2) is 6.72. The molecule has 2 unspecified atom stereocenters. The summed E-state index contributed by atoms with van der Waals surface area (Å²) in [4.78, 5) is 22.2. The van der Waals surface area contributed by atoms with Crippen molar-refractivity contribution in [1.82, 2.24) is 19.1 Å². The molecule has 2 atom stereocenters. The molecule has 30 heavy (non-hydrogen) atoms. The van der Waals surface area contributed by atoms with Crippen molar-refractivity contribution in [2.45, 2.75) is 50.4 Å². The Balaban J connectivity index is 1.40. The summed E-state index contributed by atoms with van der Waals surface area (Å²) in [7, 11) is 1.77. The molecule has 3 aliphatic heterocycles. The summed E-state index contributed by atoms with van der Waals surface area (Å²) in [5.41, 5.74) is 3.15. The highest BCUT2D eigenvalue weighted by molar-refractivity contribution is 6.33. The molecule has 1 N–H and O–H groups in total. The minimum atomic E-state index is -0.0598. The van der Waals surface area contributed by atoms with Gasteiger partial charge in [0, 0.05) is 25.6 Å². The number of nitrogens with one attached hydrogen (secondary N) is 1. The van der Waals surface area contributed by atoms with Crippen LogP contribution in [0.5, 0.6) is 5.75 Å². The van der Waals surface area contributed by atoms with Gasteiger partial charge in [0.25, 0.3) is 0 Å². The van der Waals surface area contributed by atoms with Crippen LogP contribution in [0.15, 0.2) is 23.1 Å². The zero-order chi connectivity index (χ0) is 20.4. The molecule has 6 rings (SSSR count). The highest BCUT2D eigenvalue weighted by Gasteiger charge is 2.37. The molecule has 0 amide bonds. The summed E-state index contributed by atoms with van der Waals surface area (Å²) in [5.74, 6) is 1.24. The molecule has 2 aromatic heterocycles. The van der Waals surface area contributed by atoms with Crippen molar-refractivity contribution >= 4 is 34.4 Å². The van der Waals surface area contributed by atoms with E-state index in [0.717, 1.165) is 54.6 Å². The van der Waals surface area contributed by atoms with Crippen molar-refractivity contribution in [1.29, 1.82) is 0 Å². The van der Waals surface area contributed by atoms with Crippen molar-refractivity contribution in [2.24, 2.45) is 7.05 Å². The number of benzene rings is 1. The minimum Gasteiger partial charge on any atom is -0.493 e. The lowest BCUT2D eigenvalue weighted by atomic mass is 10.0. The molecular formula is C21H22ClN5O3. The zero-order valence-corrected chi connectivity index (χ0v) is 17.4. The maximum absolute atomic E-state index is 13.0. The lowest BCUT2D eigenvalue weighted by Gasteiger charge is -2.28. The van der Waals surface area contributed by atoms with Crippen LogP contribution in [0.25, 0.3) is 11.2 Å². The highest BCUT2D eigenvalue weighted by Crippen LogP contribution is 2.39. The van der Waals surface area contributed by atoms with Gasteiger partial charge in [-0.05, 0) is 37.3 Å². The molecule has 3 aliphatic rings. The maximum atomic E-state index is 13.0. The number of halogens is 1. The average molecular weight is 428 g/mol. The fourth-order valence-corrected chi connectivity index (χ4v) is 5.18. The zero-order valence-electron chi connectivity index (χ0n) is 16.6. The standard InChI is InChI=1S/C21H22ClN5O3/c1-26-17-10-23-20(24-16-6-11-4-5-29-18(11)9-15(16)22)25-19(17)27(21(26)28)12-7-13-2-3-14(8-12)30-13/h6,9-10,12-14H,2-5,7-8H2,1H3,(H,23,24,25). The molecule has 2 fully saturated rings. The SMILES string of the molecule is Cn1c(=O)n(C2CC3CCC(C2)O3)c2nc(Nc3cc4c(cc3Cl)OCC4)ncc21. The summed E-state index contributed by atoms with van der Waals surface area (Å²) in [6.45, 7) is 0.668. The largest absolute Gasteiger partial charge is 0.493 e. The molecule has 2 bridgehead atoms. The van der Waals surface area contributed by atoms with E-state index in [0.29, 0.717) is 23.2 Å². The van der Waals surface area contributed by atoms with Crippen LogP contribution in [0.1, 0.15) is 37.3 Å². The van der Waals surface area contributed by atoms with Gasteiger partial charge in [-0.1, -0.05) is 11.6 Å². The van der Waals surface area contributed by atoms with E-state index < -0.39 is 0 Å². The number of hydrogen-bond donors (Lipinski definition) is 1. The first-order chi connectivity index (χ1) is 14.6. The Bertz CT molecular complexity index is 1210. The number of ether oxygens (including phenoxy) is 2. The Hall–Kier alpha value is -2.58. The van der Waals surface area contributed by atoms with Crippen molar-refractivity contribution in [3.8, 4) is 5.75 Å². The first-order valence-electron chi connectivity index (χ1n) is 10.4.